The van der Waals surface area contributed by atoms with Gasteiger partial charge in [0, 0.05) is 20.5 Å². The van der Waals surface area contributed by atoms with Gasteiger partial charge in [-0.25, -0.2) is 0 Å². The minimum Gasteiger partial charge on any atom is -0.482 e. The first-order valence-corrected chi connectivity index (χ1v) is 6.48. The third kappa shape index (κ3) is 5.27. The van der Waals surface area contributed by atoms with E-state index >= 15 is 0 Å². The smallest absolute Gasteiger partial charge is 0.260 e. The van der Waals surface area contributed by atoms with Crippen LogP contribution in [0.4, 0.5) is 5.69 Å². The summed E-state index contributed by atoms with van der Waals surface area (Å²) in [6.45, 7) is 2.50. The van der Waals surface area contributed by atoms with E-state index in [1.807, 2.05) is 0 Å². The highest BCUT2D eigenvalue weighted by Crippen LogP contribution is 2.23. The molecule has 6 nitrogen and oxygen atoms in total. The molecule has 0 saturated heterocycles. The van der Waals surface area contributed by atoms with Crippen LogP contribution in [0.15, 0.2) is 24.3 Å². The lowest BCUT2D eigenvalue weighted by molar-refractivity contribution is -0.132. The summed E-state index contributed by atoms with van der Waals surface area (Å²) in [7, 11) is 1.71. The molecule has 20 heavy (non-hydrogen) atoms. The summed E-state index contributed by atoms with van der Waals surface area (Å²) in [6, 6.07) is 6.99. The number of hydrogen-bond donors (Lipinski definition) is 2. The molecule has 0 unspecified atom stereocenters. The SMILES string of the molecule is CC(=O)Nc1ccccc1OCC(=O)N(C)CCCN. The van der Waals surface area contributed by atoms with Crippen LogP contribution in [0.25, 0.3) is 0 Å². The van der Waals surface area contributed by atoms with Crippen molar-refractivity contribution in [2.45, 2.75) is 13.3 Å². The summed E-state index contributed by atoms with van der Waals surface area (Å²) in [5.41, 5.74) is 5.95. The van der Waals surface area contributed by atoms with E-state index in [4.69, 9.17) is 10.5 Å². The summed E-state index contributed by atoms with van der Waals surface area (Å²) < 4.78 is 5.46. The lowest BCUT2D eigenvalue weighted by atomic mass is 10.3. The van der Waals surface area contributed by atoms with E-state index in [0.717, 1.165) is 6.42 Å². The first kappa shape index (κ1) is 16.0. The van der Waals surface area contributed by atoms with Crippen LogP contribution in [-0.2, 0) is 9.59 Å². The van der Waals surface area contributed by atoms with E-state index in [1.165, 1.54) is 6.92 Å². The standard InChI is InChI=1S/C14H21N3O3/c1-11(18)16-12-6-3-4-7-13(12)20-10-14(19)17(2)9-5-8-15/h3-4,6-7H,5,8-10,15H2,1-2H3,(H,16,18). The fourth-order valence-corrected chi connectivity index (χ4v) is 1.59. The first-order valence-electron chi connectivity index (χ1n) is 6.48. The largest absolute Gasteiger partial charge is 0.482 e. The van der Waals surface area contributed by atoms with Crippen molar-refractivity contribution >= 4 is 17.5 Å². The maximum atomic E-state index is 11.8. The Bertz CT molecular complexity index is 463. The maximum absolute atomic E-state index is 11.8. The van der Waals surface area contributed by atoms with Gasteiger partial charge in [0.15, 0.2) is 6.61 Å². The van der Waals surface area contributed by atoms with Gasteiger partial charge in [-0.15, -0.1) is 0 Å². The molecule has 3 N–H and O–H groups in total. The van der Waals surface area contributed by atoms with E-state index in [9.17, 15) is 9.59 Å². The zero-order chi connectivity index (χ0) is 15.0. The predicted molar refractivity (Wildman–Crippen MR) is 77.5 cm³/mol. The molecule has 1 rings (SSSR count). The van der Waals surface area contributed by atoms with Crippen LogP contribution in [-0.4, -0.2) is 43.5 Å². The van der Waals surface area contributed by atoms with Crippen LogP contribution in [0.2, 0.25) is 0 Å². The minimum absolute atomic E-state index is 0.0718. The molecule has 0 aromatic heterocycles. The van der Waals surface area contributed by atoms with E-state index < -0.39 is 0 Å². The molecule has 0 spiro atoms. The number of nitrogens with two attached hydrogens (primary N) is 1. The highest BCUT2D eigenvalue weighted by atomic mass is 16.5. The van der Waals surface area contributed by atoms with Crippen LogP contribution >= 0.6 is 0 Å². The van der Waals surface area contributed by atoms with Gasteiger partial charge >= 0.3 is 0 Å². The number of nitrogens with one attached hydrogen (secondary N) is 1. The number of hydrogen-bond acceptors (Lipinski definition) is 4. The number of amides is 2. The number of carbonyl (C=O) groups excluding carboxylic acids is 2. The average molecular weight is 279 g/mol. The molecule has 2 amide bonds. The fraction of sp³-hybridized carbons (Fsp3) is 0.429. The number of likely N-dealkylation sites (N-methyl/N-ethyl adjacent to an activating group) is 1. The second kappa shape index (κ2) is 8.16. The number of nitrogens with zero attached hydrogens (tertiary/aromatic N) is 1. The van der Waals surface area contributed by atoms with Gasteiger partial charge < -0.3 is 20.7 Å². The Balaban J connectivity index is 2.56. The van der Waals surface area contributed by atoms with Gasteiger partial charge in [-0.05, 0) is 25.1 Å². The molecule has 0 radical (unpaired) electrons. The average Bonchev–Trinajstić information content (AvgIpc) is 2.42. The summed E-state index contributed by atoms with van der Waals surface area (Å²) in [6.07, 6.45) is 0.755. The molecule has 0 heterocycles. The van der Waals surface area contributed by atoms with Crippen LogP contribution in [0.1, 0.15) is 13.3 Å². The lowest BCUT2D eigenvalue weighted by Crippen LogP contribution is -2.33. The molecule has 0 bridgehead atoms. The predicted octanol–water partition coefficient (Wildman–Crippen LogP) is 0.831. The first-order chi connectivity index (χ1) is 9.54. The quantitative estimate of drug-likeness (QED) is 0.774. The van der Waals surface area contributed by atoms with E-state index in [2.05, 4.69) is 5.32 Å². The molecule has 1 aromatic rings. The summed E-state index contributed by atoms with van der Waals surface area (Å²) >= 11 is 0. The molecular weight excluding hydrogens is 258 g/mol. The zero-order valence-corrected chi connectivity index (χ0v) is 11.9. The van der Waals surface area contributed by atoms with Crippen molar-refractivity contribution in [1.82, 2.24) is 4.90 Å². The van der Waals surface area contributed by atoms with E-state index in [-0.39, 0.29) is 18.4 Å². The summed E-state index contributed by atoms with van der Waals surface area (Å²) in [5.74, 6) is 0.159. The van der Waals surface area contributed by atoms with Crippen molar-refractivity contribution in [2.24, 2.45) is 5.73 Å². The van der Waals surface area contributed by atoms with Crippen molar-refractivity contribution in [2.75, 3.05) is 32.1 Å². The Kier molecular flexibility index (Phi) is 6.52. The molecule has 110 valence electrons. The van der Waals surface area contributed by atoms with Crippen molar-refractivity contribution in [3.63, 3.8) is 0 Å². The summed E-state index contributed by atoms with van der Waals surface area (Å²) in [4.78, 5) is 24.5. The number of rotatable bonds is 7. The zero-order valence-electron chi connectivity index (χ0n) is 11.9. The van der Waals surface area contributed by atoms with E-state index in [0.29, 0.717) is 24.5 Å². The van der Waals surface area contributed by atoms with Crippen LogP contribution < -0.4 is 15.8 Å². The molecule has 6 heteroatoms. The van der Waals surface area contributed by atoms with Crippen LogP contribution in [0.3, 0.4) is 0 Å². The van der Waals surface area contributed by atoms with Crippen LogP contribution in [0, 0.1) is 0 Å². The maximum Gasteiger partial charge on any atom is 0.260 e. The number of ether oxygens (including phenoxy) is 1. The van der Waals surface area contributed by atoms with Crippen molar-refractivity contribution < 1.29 is 14.3 Å². The van der Waals surface area contributed by atoms with Gasteiger partial charge in [-0.1, -0.05) is 12.1 Å². The Morgan fingerprint density at radius 3 is 2.70 bits per heavy atom. The van der Waals surface area contributed by atoms with Gasteiger partial charge in [0.05, 0.1) is 5.69 Å². The van der Waals surface area contributed by atoms with Gasteiger partial charge in [-0.2, -0.15) is 0 Å². The highest BCUT2D eigenvalue weighted by molar-refractivity contribution is 5.90. The van der Waals surface area contributed by atoms with Gasteiger partial charge in [0.2, 0.25) is 5.91 Å². The molecule has 0 aliphatic carbocycles. The number of anilines is 1. The highest BCUT2D eigenvalue weighted by Gasteiger charge is 2.11. The van der Waals surface area contributed by atoms with Crippen molar-refractivity contribution in [3.8, 4) is 5.75 Å². The molecular formula is C14H21N3O3. The number of para-hydroxylation sites is 2. The molecule has 0 aliphatic rings. The molecule has 1 aromatic carbocycles. The Morgan fingerprint density at radius 2 is 2.05 bits per heavy atom. The second-order valence-electron chi connectivity index (χ2n) is 4.42. The Hall–Kier alpha value is -2.08. The summed E-state index contributed by atoms with van der Waals surface area (Å²) in [5, 5.41) is 2.66. The van der Waals surface area contributed by atoms with Gasteiger partial charge in [-0.3, -0.25) is 9.59 Å². The van der Waals surface area contributed by atoms with E-state index in [1.54, 1.807) is 36.2 Å². The monoisotopic (exact) mass is 279 g/mol. The Labute approximate surface area is 118 Å². The second-order valence-corrected chi connectivity index (χ2v) is 4.42. The van der Waals surface area contributed by atoms with Crippen LogP contribution in [0.5, 0.6) is 5.75 Å². The Morgan fingerprint density at radius 1 is 1.35 bits per heavy atom. The van der Waals surface area contributed by atoms with Crippen molar-refractivity contribution in [3.05, 3.63) is 24.3 Å². The molecule has 0 fully saturated rings. The minimum atomic E-state index is -0.188. The fourth-order valence-electron chi connectivity index (χ4n) is 1.59. The van der Waals surface area contributed by atoms with Crippen molar-refractivity contribution in [1.29, 1.82) is 0 Å². The molecule has 0 atom stereocenters. The topological polar surface area (TPSA) is 84.7 Å². The third-order valence-electron chi connectivity index (χ3n) is 2.67. The normalized spacial score (nSPS) is 9.95. The van der Waals surface area contributed by atoms with Gasteiger partial charge in [0.25, 0.3) is 5.91 Å². The number of carbonyl (C=O) groups is 2. The lowest BCUT2D eigenvalue weighted by Gasteiger charge is -2.17. The van der Waals surface area contributed by atoms with Gasteiger partial charge in [0.1, 0.15) is 5.75 Å². The number of benzene rings is 1. The molecule has 0 saturated carbocycles. The third-order valence-corrected chi connectivity index (χ3v) is 2.67. The molecule has 0 aliphatic heterocycles.